The molecule has 0 aromatic carbocycles. The third kappa shape index (κ3) is 0.810. The fourth-order valence-electron chi connectivity index (χ4n) is 4.85. The van der Waals surface area contributed by atoms with Gasteiger partial charge in [-0.15, -0.1) is 0 Å². The molecule has 100 valence electrons. The van der Waals surface area contributed by atoms with Crippen LogP contribution in [0.3, 0.4) is 0 Å². The second kappa shape index (κ2) is 3.42. The topological polar surface area (TPSA) is 95.2 Å². The molecular weight excluding hydrogens is 248 g/mol. The monoisotopic (exact) mass is 264 g/mol. The maximum Gasteiger partial charge on any atom is 0.185 e. The molecule has 0 N–H and O–H groups in total. The molecule has 4 heteroatoms. The first kappa shape index (κ1) is 14.1. The van der Waals surface area contributed by atoms with Crippen LogP contribution in [0.15, 0.2) is 11.1 Å². The molecule has 2 aliphatic rings. The van der Waals surface area contributed by atoms with Gasteiger partial charge in [-0.2, -0.15) is 21.0 Å². The van der Waals surface area contributed by atoms with E-state index < -0.39 is 21.7 Å². The Morgan fingerprint density at radius 1 is 0.750 bits per heavy atom. The van der Waals surface area contributed by atoms with Gasteiger partial charge in [0.25, 0.3) is 0 Å². The number of hydrogen-bond acceptors (Lipinski definition) is 4. The van der Waals surface area contributed by atoms with Crippen molar-refractivity contribution in [1.29, 1.82) is 21.0 Å². The van der Waals surface area contributed by atoms with Gasteiger partial charge >= 0.3 is 0 Å². The zero-order valence-electron chi connectivity index (χ0n) is 12.4. The zero-order chi connectivity index (χ0) is 15.6. The largest absolute Gasteiger partial charge is 0.196 e. The first-order valence-corrected chi connectivity index (χ1v) is 6.55. The Morgan fingerprint density at radius 3 is 1.20 bits per heavy atom. The van der Waals surface area contributed by atoms with Crippen LogP contribution in [0.2, 0.25) is 0 Å². The Hall–Kier alpha value is -2.30. The Labute approximate surface area is 119 Å². The Bertz CT molecular complexity index is 615. The van der Waals surface area contributed by atoms with Crippen LogP contribution in [0.4, 0.5) is 0 Å². The fraction of sp³-hybridized carbons (Fsp3) is 0.625. The molecule has 0 spiro atoms. The van der Waals surface area contributed by atoms with Crippen molar-refractivity contribution in [3.8, 4) is 24.3 Å². The molecule has 0 aromatic heterocycles. The summed E-state index contributed by atoms with van der Waals surface area (Å²) in [6.07, 6.45) is 0. The highest BCUT2D eigenvalue weighted by atomic mass is 14.8. The van der Waals surface area contributed by atoms with Gasteiger partial charge < -0.3 is 0 Å². The predicted molar refractivity (Wildman–Crippen MR) is 71.1 cm³/mol. The number of nitriles is 4. The lowest BCUT2D eigenvalue weighted by Crippen LogP contribution is -2.51. The van der Waals surface area contributed by atoms with E-state index in [9.17, 15) is 21.0 Å². The summed E-state index contributed by atoms with van der Waals surface area (Å²) >= 11 is 0. The average Bonchev–Trinajstić information content (AvgIpc) is 2.68. The van der Waals surface area contributed by atoms with Crippen LogP contribution >= 0.6 is 0 Å². The second-order valence-corrected chi connectivity index (χ2v) is 6.32. The second-order valence-electron chi connectivity index (χ2n) is 6.32. The van der Waals surface area contributed by atoms with Crippen molar-refractivity contribution in [3.05, 3.63) is 11.1 Å². The molecule has 4 nitrogen and oxygen atoms in total. The molecule has 0 amide bonds. The van der Waals surface area contributed by atoms with Crippen molar-refractivity contribution in [1.82, 2.24) is 0 Å². The molecule has 2 rings (SSSR count). The summed E-state index contributed by atoms with van der Waals surface area (Å²) in [5, 5.41) is 39.0. The number of rotatable bonds is 0. The SMILES string of the molecule is CC1=C(C)C2(C)C(C)C1(C)C(C#N)(C#N)C2(C#N)C#N. The van der Waals surface area contributed by atoms with Gasteiger partial charge in [0.1, 0.15) is 0 Å². The Balaban J connectivity index is 3.11. The quantitative estimate of drug-likeness (QED) is 0.628. The molecule has 2 unspecified atom stereocenters. The first-order valence-electron chi connectivity index (χ1n) is 6.55. The normalized spacial score (nSPS) is 39.5. The zero-order valence-corrected chi connectivity index (χ0v) is 12.4. The maximum atomic E-state index is 9.74. The van der Waals surface area contributed by atoms with E-state index in [0.29, 0.717) is 0 Å². The lowest BCUT2D eigenvalue weighted by molar-refractivity contribution is 0.155. The molecule has 0 aromatic rings. The molecule has 0 radical (unpaired) electrons. The van der Waals surface area contributed by atoms with Crippen LogP contribution in [0, 0.1) is 72.9 Å². The van der Waals surface area contributed by atoms with Crippen LogP contribution in [0.5, 0.6) is 0 Å². The van der Waals surface area contributed by atoms with Crippen molar-refractivity contribution < 1.29 is 0 Å². The molecule has 0 heterocycles. The molecule has 2 atom stereocenters. The van der Waals surface area contributed by atoms with Crippen molar-refractivity contribution >= 4 is 0 Å². The van der Waals surface area contributed by atoms with Crippen LogP contribution in [0.25, 0.3) is 0 Å². The summed E-state index contributed by atoms with van der Waals surface area (Å²) in [5.41, 5.74) is -2.89. The number of fused-ring (bicyclic) bond motifs is 2. The Kier molecular flexibility index (Phi) is 2.41. The van der Waals surface area contributed by atoms with E-state index in [0.717, 1.165) is 11.1 Å². The molecule has 1 fully saturated rings. The minimum absolute atomic E-state index is 0.117. The predicted octanol–water partition coefficient (Wildman–Crippen LogP) is 3.07. The summed E-state index contributed by atoms with van der Waals surface area (Å²) in [5.74, 6) is -0.117. The fourth-order valence-corrected chi connectivity index (χ4v) is 4.85. The number of nitrogens with zero attached hydrogens (tertiary/aromatic N) is 4. The minimum Gasteiger partial charge on any atom is -0.196 e. The number of allylic oxidation sites excluding steroid dienone is 2. The summed E-state index contributed by atoms with van der Waals surface area (Å²) in [6.45, 7) is 9.48. The van der Waals surface area contributed by atoms with Crippen LogP contribution in [0.1, 0.15) is 34.6 Å². The van der Waals surface area contributed by atoms with E-state index in [1.165, 1.54) is 0 Å². The maximum absolute atomic E-state index is 9.74. The third-order valence-electron chi connectivity index (χ3n) is 6.64. The lowest BCUT2D eigenvalue weighted by Gasteiger charge is -2.44. The molecule has 2 aliphatic carbocycles. The van der Waals surface area contributed by atoms with E-state index in [1.807, 2.05) is 34.6 Å². The van der Waals surface area contributed by atoms with Gasteiger partial charge in [0.15, 0.2) is 10.8 Å². The van der Waals surface area contributed by atoms with Crippen molar-refractivity contribution in [2.75, 3.05) is 0 Å². The minimum atomic E-state index is -1.64. The summed E-state index contributed by atoms with van der Waals surface area (Å²) in [4.78, 5) is 0. The van der Waals surface area contributed by atoms with Crippen LogP contribution in [-0.2, 0) is 0 Å². The van der Waals surface area contributed by atoms with Gasteiger partial charge in [-0.1, -0.05) is 31.9 Å². The third-order valence-corrected chi connectivity index (χ3v) is 6.64. The summed E-state index contributed by atoms with van der Waals surface area (Å²) in [7, 11) is 0. The van der Waals surface area contributed by atoms with E-state index in [4.69, 9.17) is 0 Å². The van der Waals surface area contributed by atoms with Gasteiger partial charge in [0, 0.05) is 10.8 Å². The molecule has 2 bridgehead atoms. The Morgan fingerprint density at radius 2 is 1.00 bits per heavy atom. The van der Waals surface area contributed by atoms with Gasteiger partial charge in [-0.25, -0.2) is 0 Å². The first-order chi connectivity index (χ1) is 9.21. The molecule has 0 saturated heterocycles. The molecule has 0 aliphatic heterocycles. The highest BCUT2D eigenvalue weighted by molar-refractivity contribution is 5.58. The average molecular weight is 264 g/mol. The highest BCUT2D eigenvalue weighted by Crippen LogP contribution is 2.81. The summed E-state index contributed by atoms with van der Waals surface area (Å²) in [6, 6.07) is 8.23. The number of hydrogen-bond donors (Lipinski definition) is 0. The van der Waals surface area contributed by atoms with Crippen molar-refractivity contribution in [2.45, 2.75) is 34.6 Å². The lowest BCUT2D eigenvalue weighted by atomic mass is 9.49. The van der Waals surface area contributed by atoms with Gasteiger partial charge in [0.05, 0.1) is 24.3 Å². The van der Waals surface area contributed by atoms with E-state index >= 15 is 0 Å². The van der Waals surface area contributed by atoms with Gasteiger partial charge in [-0.3, -0.25) is 0 Å². The molecule has 1 saturated carbocycles. The van der Waals surface area contributed by atoms with Crippen molar-refractivity contribution in [2.24, 2.45) is 27.6 Å². The highest BCUT2D eigenvalue weighted by Gasteiger charge is 2.84. The van der Waals surface area contributed by atoms with Crippen LogP contribution < -0.4 is 0 Å². The standard InChI is InChI=1S/C16H16N4/c1-10-11(2)14(5)12(3)13(10,4)15(6-17,7-18)16(14,8-19)9-20/h12H,1-5H3. The van der Waals surface area contributed by atoms with E-state index in [2.05, 4.69) is 24.3 Å². The smallest absolute Gasteiger partial charge is 0.185 e. The summed E-state index contributed by atoms with van der Waals surface area (Å²) < 4.78 is 0. The van der Waals surface area contributed by atoms with E-state index in [1.54, 1.807) is 0 Å². The van der Waals surface area contributed by atoms with Crippen LogP contribution in [-0.4, -0.2) is 0 Å². The van der Waals surface area contributed by atoms with E-state index in [-0.39, 0.29) is 5.92 Å². The van der Waals surface area contributed by atoms with Crippen molar-refractivity contribution in [3.63, 3.8) is 0 Å². The van der Waals surface area contributed by atoms with Gasteiger partial charge in [-0.05, 0) is 19.8 Å². The molecular formula is C16H16N4. The molecule has 20 heavy (non-hydrogen) atoms. The van der Waals surface area contributed by atoms with Gasteiger partial charge in [0.2, 0.25) is 0 Å².